The molecule has 0 aliphatic heterocycles. The van der Waals surface area contributed by atoms with E-state index in [1.807, 2.05) is 25.1 Å². The minimum atomic E-state index is -0.482. The van der Waals surface area contributed by atoms with Crippen molar-refractivity contribution in [2.24, 2.45) is 0 Å². The van der Waals surface area contributed by atoms with Crippen LogP contribution in [0.5, 0.6) is 0 Å². The molecule has 0 unspecified atom stereocenters. The third-order valence-corrected chi connectivity index (χ3v) is 5.53. The number of imide groups is 1. The van der Waals surface area contributed by atoms with Gasteiger partial charge in [0.05, 0.1) is 5.75 Å². The van der Waals surface area contributed by atoms with Crippen LogP contribution in [0.25, 0.3) is 20.7 Å². The van der Waals surface area contributed by atoms with Crippen molar-refractivity contribution in [2.45, 2.75) is 18.9 Å². The molecule has 3 amide bonds. The first-order valence-electron chi connectivity index (χ1n) is 8.11. The van der Waals surface area contributed by atoms with Crippen LogP contribution in [0.2, 0.25) is 0 Å². The number of urea groups is 1. The molecule has 8 heteroatoms. The summed E-state index contributed by atoms with van der Waals surface area (Å²) in [7, 11) is 0. The Morgan fingerprint density at radius 3 is 2.69 bits per heavy atom. The van der Waals surface area contributed by atoms with E-state index in [4.69, 9.17) is 0 Å². The van der Waals surface area contributed by atoms with Gasteiger partial charge in [0.15, 0.2) is 0 Å². The van der Waals surface area contributed by atoms with Gasteiger partial charge in [-0.25, -0.2) is 14.8 Å². The zero-order chi connectivity index (χ0) is 18.5. The first-order valence-corrected chi connectivity index (χ1v) is 9.91. The average molecular weight is 387 g/mol. The molecule has 0 aliphatic rings. The first-order chi connectivity index (χ1) is 12.6. The molecule has 26 heavy (non-hydrogen) atoms. The van der Waals surface area contributed by atoms with Gasteiger partial charge in [0.1, 0.15) is 15.7 Å². The lowest BCUT2D eigenvalue weighted by Crippen LogP contribution is -2.40. The predicted molar refractivity (Wildman–Crippen MR) is 106 cm³/mol. The Labute approximate surface area is 159 Å². The Balaban J connectivity index is 1.81. The van der Waals surface area contributed by atoms with E-state index in [1.54, 1.807) is 18.3 Å². The molecule has 2 N–H and O–H groups in total. The molecule has 2 aromatic heterocycles. The van der Waals surface area contributed by atoms with Gasteiger partial charge in [0.25, 0.3) is 0 Å². The SMILES string of the molecule is CCNC(=O)NC(=O)CSc1nc(C)nc2sc(-c3ccccc3)cc12. The normalized spacial score (nSPS) is 10.7. The summed E-state index contributed by atoms with van der Waals surface area (Å²) >= 11 is 2.91. The highest BCUT2D eigenvalue weighted by molar-refractivity contribution is 8.00. The van der Waals surface area contributed by atoms with Crippen molar-refractivity contribution in [1.29, 1.82) is 0 Å². The molecule has 0 aliphatic carbocycles. The second-order valence-electron chi connectivity index (χ2n) is 5.47. The molecule has 3 aromatic rings. The Kier molecular flexibility index (Phi) is 5.85. The summed E-state index contributed by atoms with van der Waals surface area (Å²) in [5, 5.41) is 6.50. The fourth-order valence-corrected chi connectivity index (χ4v) is 4.35. The van der Waals surface area contributed by atoms with Gasteiger partial charge in [0, 0.05) is 16.8 Å². The van der Waals surface area contributed by atoms with E-state index < -0.39 is 6.03 Å². The smallest absolute Gasteiger partial charge is 0.321 e. The number of carbonyl (C=O) groups is 2. The lowest BCUT2D eigenvalue weighted by Gasteiger charge is -2.05. The van der Waals surface area contributed by atoms with Crippen molar-refractivity contribution < 1.29 is 9.59 Å². The Bertz CT molecular complexity index is 941. The topological polar surface area (TPSA) is 84.0 Å². The van der Waals surface area contributed by atoms with E-state index in [0.29, 0.717) is 12.4 Å². The predicted octanol–water partition coefficient (Wildman–Crippen LogP) is 3.60. The molecule has 0 bridgehead atoms. The largest absolute Gasteiger partial charge is 0.338 e. The van der Waals surface area contributed by atoms with Gasteiger partial charge >= 0.3 is 6.03 Å². The number of nitrogens with zero attached hydrogens (tertiary/aromatic N) is 2. The molecule has 0 saturated heterocycles. The maximum Gasteiger partial charge on any atom is 0.321 e. The number of thioether (sulfide) groups is 1. The van der Waals surface area contributed by atoms with E-state index in [-0.39, 0.29) is 11.7 Å². The minimum Gasteiger partial charge on any atom is -0.338 e. The van der Waals surface area contributed by atoms with Crippen LogP contribution in [0.1, 0.15) is 12.7 Å². The zero-order valence-corrected chi connectivity index (χ0v) is 16.0. The summed E-state index contributed by atoms with van der Waals surface area (Å²) in [5.41, 5.74) is 1.12. The number of amides is 3. The molecule has 0 fully saturated rings. The second-order valence-corrected chi connectivity index (χ2v) is 7.46. The molecule has 1 aromatic carbocycles. The first kappa shape index (κ1) is 18.3. The van der Waals surface area contributed by atoms with Gasteiger partial charge in [-0.3, -0.25) is 10.1 Å². The molecule has 0 atom stereocenters. The highest BCUT2D eigenvalue weighted by atomic mass is 32.2. The number of hydrogen-bond acceptors (Lipinski definition) is 6. The van der Waals surface area contributed by atoms with Gasteiger partial charge in [-0.15, -0.1) is 11.3 Å². The zero-order valence-electron chi connectivity index (χ0n) is 14.4. The number of hydrogen-bond donors (Lipinski definition) is 2. The quantitative estimate of drug-likeness (QED) is 0.517. The van der Waals surface area contributed by atoms with E-state index in [9.17, 15) is 9.59 Å². The maximum absolute atomic E-state index is 11.9. The van der Waals surface area contributed by atoms with Crippen LogP contribution < -0.4 is 10.6 Å². The van der Waals surface area contributed by atoms with E-state index in [2.05, 4.69) is 38.8 Å². The van der Waals surface area contributed by atoms with Crippen molar-refractivity contribution in [2.75, 3.05) is 12.3 Å². The van der Waals surface area contributed by atoms with Crippen LogP contribution in [-0.4, -0.2) is 34.2 Å². The van der Waals surface area contributed by atoms with Crippen LogP contribution in [0.4, 0.5) is 4.79 Å². The molecule has 0 saturated carbocycles. The molecule has 2 heterocycles. The standard InChI is InChI=1S/C18H18N4O2S2/c1-3-19-18(24)22-15(23)10-25-16-13-9-14(12-7-5-4-6-8-12)26-17(13)21-11(2)20-16/h4-9H,3,10H2,1-2H3,(H2,19,22,23,24). The minimum absolute atomic E-state index is 0.110. The highest BCUT2D eigenvalue weighted by Crippen LogP contribution is 2.36. The number of fused-ring (bicyclic) bond motifs is 1. The van der Waals surface area contributed by atoms with Crippen molar-refractivity contribution in [3.05, 3.63) is 42.2 Å². The lowest BCUT2D eigenvalue weighted by atomic mass is 10.2. The summed E-state index contributed by atoms with van der Waals surface area (Å²) in [4.78, 5) is 34.3. The summed E-state index contributed by atoms with van der Waals surface area (Å²) < 4.78 is 0. The van der Waals surface area contributed by atoms with Crippen LogP contribution >= 0.6 is 23.1 Å². The lowest BCUT2D eigenvalue weighted by molar-refractivity contribution is -0.117. The van der Waals surface area contributed by atoms with E-state index in [1.165, 1.54) is 11.8 Å². The van der Waals surface area contributed by atoms with Gasteiger partial charge in [-0.1, -0.05) is 42.1 Å². The van der Waals surface area contributed by atoms with Crippen LogP contribution in [0, 0.1) is 6.92 Å². The van der Waals surface area contributed by atoms with Crippen LogP contribution in [-0.2, 0) is 4.79 Å². The third-order valence-electron chi connectivity index (χ3n) is 3.46. The maximum atomic E-state index is 11.9. The van der Waals surface area contributed by atoms with Crippen molar-refractivity contribution in [1.82, 2.24) is 20.6 Å². The number of benzene rings is 1. The highest BCUT2D eigenvalue weighted by Gasteiger charge is 2.14. The fraction of sp³-hybridized carbons (Fsp3) is 0.222. The van der Waals surface area contributed by atoms with Gasteiger partial charge in [-0.2, -0.15) is 0 Å². The van der Waals surface area contributed by atoms with E-state index >= 15 is 0 Å². The van der Waals surface area contributed by atoms with Crippen molar-refractivity contribution >= 4 is 45.3 Å². The number of aryl methyl sites for hydroxylation is 1. The number of aromatic nitrogens is 2. The Hall–Kier alpha value is -2.45. The van der Waals surface area contributed by atoms with Gasteiger partial charge in [0.2, 0.25) is 5.91 Å². The van der Waals surface area contributed by atoms with Crippen LogP contribution in [0.15, 0.2) is 41.4 Å². The molecule has 0 spiro atoms. The van der Waals surface area contributed by atoms with Gasteiger partial charge < -0.3 is 5.32 Å². The summed E-state index contributed by atoms with van der Waals surface area (Å²) in [5.74, 6) is 0.411. The molecule has 6 nitrogen and oxygen atoms in total. The molecule has 0 radical (unpaired) electrons. The molecular weight excluding hydrogens is 368 g/mol. The van der Waals surface area contributed by atoms with Gasteiger partial charge in [-0.05, 0) is 25.5 Å². The number of thiophene rings is 1. The summed E-state index contributed by atoms with van der Waals surface area (Å²) in [6.45, 7) is 4.09. The summed E-state index contributed by atoms with van der Waals surface area (Å²) in [6, 6.07) is 11.7. The number of rotatable bonds is 5. The Morgan fingerprint density at radius 1 is 1.19 bits per heavy atom. The molecule has 3 rings (SSSR count). The number of nitrogens with one attached hydrogen (secondary N) is 2. The fourth-order valence-electron chi connectivity index (χ4n) is 2.35. The Morgan fingerprint density at radius 2 is 1.96 bits per heavy atom. The average Bonchev–Trinajstić information content (AvgIpc) is 3.04. The molecular formula is C18H18N4O2S2. The number of carbonyl (C=O) groups excluding carboxylic acids is 2. The van der Waals surface area contributed by atoms with E-state index in [0.717, 1.165) is 25.7 Å². The third kappa shape index (κ3) is 4.39. The molecule has 134 valence electrons. The second kappa shape index (κ2) is 8.29. The van der Waals surface area contributed by atoms with Crippen molar-refractivity contribution in [3.63, 3.8) is 0 Å². The monoisotopic (exact) mass is 386 g/mol. The van der Waals surface area contributed by atoms with Crippen molar-refractivity contribution in [3.8, 4) is 10.4 Å². The summed E-state index contributed by atoms with van der Waals surface area (Å²) in [6.07, 6.45) is 0. The van der Waals surface area contributed by atoms with Crippen LogP contribution in [0.3, 0.4) is 0 Å².